The van der Waals surface area contributed by atoms with Crippen molar-refractivity contribution in [1.29, 1.82) is 0 Å². The molecule has 138 valence electrons. The Bertz CT molecular complexity index is 955. The second-order valence-corrected chi connectivity index (χ2v) is 7.22. The van der Waals surface area contributed by atoms with Gasteiger partial charge in [-0.15, -0.1) is 0 Å². The van der Waals surface area contributed by atoms with Crippen LogP contribution in [0.3, 0.4) is 0 Å². The minimum Gasteiger partial charge on any atom is -0.483 e. The number of hydrogen-bond donors (Lipinski definition) is 2. The largest absolute Gasteiger partial charge is 0.483 e. The van der Waals surface area contributed by atoms with Crippen molar-refractivity contribution in [2.24, 2.45) is 10.7 Å². The number of aryl methyl sites for hydroxylation is 1. The van der Waals surface area contributed by atoms with E-state index >= 15 is 0 Å². The van der Waals surface area contributed by atoms with Gasteiger partial charge in [0.2, 0.25) is 0 Å². The number of halogens is 1. The van der Waals surface area contributed by atoms with Gasteiger partial charge in [0.1, 0.15) is 5.75 Å². The molecule has 1 fully saturated rings. The third-order valence-corrected chi connectivity index (χ3v) is 4.69. The molecule has 2 aromatic carbocycles. The minimum atomic E-state index is -0.593. The fraction of sp³-hybridized carbons (Fsp3) is 0.105. The molecule has 1 heterocycles. The molecule has 3 N–H and O–H groups in total. The van der Waals surface area contributed by atoms with Gasteiger partial charge in [0.25, 0.3) is 11.8 Å². The van der Waals surface area contributed by atoms with E-state index in [0.29, 0.717) is 26.4 Å². The lowest BCUT2D eigenvalue weighted by Gasteiger charge is -2.08. The molecule has 1 aliphatic rings. The van der Waals surface area contributed by atoms with Gasteiger partial charge in [-0.1, -0.05) is 29.3 Å². The average Bonchev–Trinajstić information content (AvgIpc) is 2.95. The summed E-state index contributed by atoms with van der Waals surface area (Å²) in [6, 6.07) is 12.6. The van der Waals surface area contributed by atoms with Gasteiger partial charge in [-0.25, -0.2) is 4.99 Å². The molecule has 1 aliphatic heterocycles. The van der Waals surface area contributed by atoms with E-state index < -0.39 is 5.91 Å². The molecule has 3 rings (SSSR count). The summed E-state index contributed by atoms with van der Waals surface area (Å²) in [7, 11) is 0. The molecular weight excluding hydrogens is 386 g/mol. The number of rotatable bonds is 5. The molecule has 27 heavy (non-hydrogen) atoms. The van der Waals surface area contributed by atoms with Crippen LogP contribution in [0.15, 0.2) is 52.4 Å². The fourth-order valence-electron chi connectivity index (χ4n) is 2.27. The lowest BCUT2D eigenvalue weighted by atomic mass is 10.2. The number of primary amides is 1. The maximum Gasteiger partial charge on any atom is 0.264 e. The van der Waals surface area contributed by atoms with Gasteiger partial charge in [0, 0.05) is 10.6 Å². The topological polar surface area (TPSA) is 93.8 Å². The molecule has 8 heteroatoms. The van der Waals surface area contributed by atoms with Crippen LogP contribution in [0.5, 0.6) is 5.75 Å². The van der Waals surface area contributed by atoms with Crippen LogP contribution < -0.4 is 15.8 Å². The molecule has 0 saturated carbocycles. The zero-order chi connectivity index (χ0) is 19.4. The van der Waals surface area contributed by atoms with Crippen LogP contribution in [-0.4, -0.2) is 23.6 Å². The Morgan fingerprint density at radius 2 is 2.04 bits per heavy atom. The van der Waals surface area contributed by atoms with Gasteiger partial charge in [-0.05, 0) is 55.1 Å². The number of nitrogens with two attached hydrogens (primary N) is 1. The normalized spacial score (nSPS) is 16.6. The number of hydrogen-bond acceptors (Lipinski definition) is 5. The van der Waals surface area contributed by atoms with E-state index in [1.807, 2.05) is 31.2 Å². The van der Waals surface area contributed by atoms with Gasteiger partial charge in [-0.2, -0.15) is 0 Å². The van der Waals surface area contributed by atoms with Crippen molar-refractivity contribution in [3.8, 4) is 5.75 Å². The van der Waals surface area contributed by atoms with Crippen molar-refractivity contribution in [2.45, 2.75) is 6.92 Å². The Balaban J connectivity index is 1.85. The molecule has 0 spiro atoms. The zero-order valence-corrected chi connectivity index (χ0v) is 15.9. The molecule has 2 aromatic rings. The van der Waals surface area contributed by atoms with Crippen LogP contribution >= 0.6 is 23.4 Å². The summed E-state index contributed by atoms with van der Waals surface area (Å²) >= 11 is 7.25. The first-order valence-electron chi connectivity index (χ1n) is 7.97. The first-order valence-corrected chi connectivity index (χ1v) is 9.17. The molecule has 2 amide bonds. The summed E-state index contributed by atoms with van der Waals surface area (Å²) in [6.07, 6.45) is 1.64. The van der Waals surface area contributed by atoms with Crippen LogP contribution in [-0.2, 0) is 9.59 Å². The molecule has 0 aliphatic carbocycles. The Morgan fingerprint density at radius 3 is 2.74 bits per heavy atom. The number of benzene rings is 2. The van der Waals surface area contributed by atoms with Crippen molar-refractivity contribution in [3.63, 3.8) is 0 Å². The average molecular weight is 402 g/mol. The van der Waals surface area contributed by atoms with Gasteiger partial charge in [0.05, 0.1) is 10.6 Å². The molecule has 6 nitrogen and oxygen atoms in total. The smallest absolute Gasteiger partial charge is 0.264 e. The first kappa shape index (κ1) is 19.0. The summed E-state index contributed by atoms with van der Waals surface area (Å²) in [5.41, 5.74) is 7.56. The highest BCUT2D eigenvalue weighted by Crippen LogP contribution is 2.32. The van der Waals surface area contributed by atoms with Crippen LogP contribution in [0.25, 0.3) is 6.08 Å². The second kappa shape index (κ2) is 8.28. The Morgan fingerprint density at radius 1 is 1.30 bits per heavy atom. The summed E-state index contributed by atoms with van der Waals surface area (Å²) in [5.74, 6) is -0.459. The molecule has 0 bridgehead atoms. The van der Waals surface area contributed by atoms with E-state index in [-0.39, 0.29) is 12.5 Å². The number of ether oxygens (including phenoxy) is 1. The monoisotopic (exact) mass is 401 g/mol. The molecule has 0 unspecified atom stereocenters. The maximum absolute atomic E-state index is 12.3. The highest BCUT2D eigenvalue weighted by atomic mass is 35.5. The van der Waals surface area contributed by atoms with Crippen LogP contribution in [0, 0.1) is 6.92 Å². The SMILES string of the molecule is Cc1ccc(N=C2NC(=O)/C(=C/c3cc(Cl)ccc3OCC(N)=O)S2)cc1. The van der Waals surface area contributed by atoms with Crippen molar-refractivity contribution < 1.29 is 14.3 Å². The summed E-state index contributed by atoms with van der Waals surface area (Å²) in [5, 5.41) is 3.69. The summed E-state index contributed by atoms with van der Waals surface area (Å²) in [4.78, 5) is 28.1. The lowest BCUT2D eigenvalue weighted by molar-refractivity contribution is -0.120. The molecule has 1 saturated heterocycles. The van der Waals surface area contributed by atoms with Crippen LogP contribution in [0.4, 0.5) is 5.69 Å². The van der Waals surface area contributed by atoms with Crippen molar-refractivity contribution in [1.82, 2.24) is 5.32 Å². The highest BCUT2D eigenvalue weighted by Gasteiger charge is 2.24. The number of nitrogens with one attached hydrogen (secondary N) is 1. The van der Waals surface area contributed by atoms with E-state index in [2.05, 4.69) is 10.3 Å². The number of amidine groups is 1. The van der Waals surface area contributed by atoms with Crippen LogP contribution in [0.2, 0.25) is 5.02 Å². The van der Waals surface area contributed by atoms with E-state index in [1.54, 1.807) is 24.3 Å². The third kappa shape index (κ3) is 5.12. The Labute approximate surface area is 165 Å². The fourth-order valence-corrected chi connectivity index (χ4v) is 3.28. The van der Waals surface area contributed by atoms with Crippen molar-refractivity contribution >= 4 is 52.1 Å². The second-order valence-electron chi connectivity index (χ2n) is 5.75. The van der Waals surface area contributed by atoms with Gasteiger partial charge in [0.15, 0.2) is 11.8 Å². The third-order valence-electron chi connectivity index (χ3n) is 3.54. The Hall–Kier alpha value is -2.77. The van der Waals surface area contributed by atoms with E-state index in [4.69, 9.17) is 22.1 Å². The van der Waals surface area contributed by atoms with Gasteiger partial charge < -0.3 is 15.8 Å². The molecule has 0 radical (unpaired) electrons. The number of aliphatic imine (C=N–C) groups is 1. The number of carbonyl (C=O) groups is 2. The number of thioether (sulfide) groups is 1. The van der Waals surface area contributed by atoms with Crippen molar-refractivity contribution in [3.05, 3.63) is 63.5 Å². The van der Waals surface area contributed by atoms with Crippen molar-refractivity contribution in [2.75, 3.05) is 6.61 Å². The standard InChI is InChI=1S/C19H16ClN3O3S/c1-11-2-5-14(6-3-11)22-19-23-18(25)16(27-19)9-12-8-13(20)4-7-15(12)26-10-17(21)24/h2-9H,10H2,1H3,(H2,21,24)(H,22,23,25)/b16-9-. The van der Waals surface area contributed by atoms with E-state index in [1.165, 1.54) is 11.8 Å². The lowest BCUT2D eigenvalue weighted by Crippen LogP contribution is -2.20. The Kier molecular flexibility index (Phi) is 5.83. The van der Waals surface area contributed by atoms with E-state index in [9.17, 15) is 9.59 Å². The number of carbonyl (C=O) groups excluding carboxylic acids is 2. The molecular formula is C19H16ClN3O3S. The number of nitrogens with zero attached hydrogens (tertiary/aromatic N) is 1. The predicted molar refractivity (Wildman–Crippen MR) is 108 cm³/mol. The number of amides is 2. The highest BCUT2D eigenvalue weighted by molar-refractivity contribution is 8.18. The molecule has 0 atom stereocenters. The first-order chi connectivity index (χ1) is 12.9. The maximum atomic E-state index is 12.3. The zero-order valence-electron chi connectivity index (χ0n) is 14.4. The summed E-state index contributed by atoms with van der Waals surface area (Å²) < 4.78 is 5.38. The predicted octanol–water partition coefficient (Wildman–Crippen LogP) is 3.40. The van der Waals surface area contributed by atoms with Gasteiger partial charge >= 0.3 is 0 Å². The van der Waals surface area contributed by atoms with E-state index in [0.717, 1.165) is 11.3 Å². The molecule has 0 aromatic heterocycles. The van der Waals surface area contributed by atoms with Gasteiger partial charge in [-0.3, -0.25) is 9.59 Å². The summed E-state index contributed by atoms with van der Waals surface area (Å²) in [6.45, 7) is 1.73. The minimum absolute atomic E-state index is 0.267. The van der Waals surface area contributed by atoms with Crippen LogP contribution in [0.1, 0.15) is 11.1 Å². The quantitative estimate of drug-likeness (QED) is 0.751.